The van der Waals surface area contributed by atoms with Crippen LogP contribution in [0, 0.1) is 18.3 Å². The van der Waals surface area contributed by atoms with Crippen molar-refractivity contribution in [3.8, 4) is 6.07 Å². The Balaban J connectivity index is 2.37. The van der Waals surface area contributed by atoms with Crippen LogP contribution < -0.4 is 0 Å². The van der Waals surface area contributed by atoms with Crippen molar-refractivity contribution in [2.24, 2.45) is 0 Å². The van der Waals surface area contributed by atoms with Crippen LogP contribution >= 0.6 is 0 Å². The van der Waals surface area contributed by atoms with Gasteiger partial charge in [-0.3, -0.25) is 0 Å². The second-order valence-corrected chi connectivity index (χ2v) is 6.50. The SMILES string of the molecule is Cc1ccc(C#N)cc1S(=O)(=O)N(C)Cc1ccoc1. The van der Waals surface area contributed by atoms with Gasteiger partial charge in [0.05, 0.1) is 29.1 Å². The highest BCUT2D eigenvalue weighted by molar-refractivity contribution is 7.89. The first kappa shape index (κ1) is 14.3. The summed E-state index contributed by atoms with van der Waals surface area (Å²) in [6.07, 6.45) is 3.00. The van der Waals surface area contributed by atoms with Gasteiger partial charge in [-0.1, -0.05) is 6.07 Å². The Morgan fingerprint density at radius 2 is 2.10 bits per heavy atom. The number of sulfonamides is 1. The molecule has 0 spiro atoms. The molecule has 2 aromatic rings. The van der Waals surface area contributed by atoms with Gasteiger partial charge in [-0.25, -0.2) is 8.42 Å². The van der Waals surface area contributed by atoms with Gasteiger partial charge in [-0.05, 0) is 30.7 Å². The highest BCUT2D eigenvalue weighted by Crippen LogP contribution is 2.21. The fourth-order valence-electron chi connectivity index (χ4n) is 1.84. The average Bonchev–Trinajstić information content (AvgIpc) is 2.92. The molecule has 0 aliphatic rings. The molecule has 20 heavy (non-hydrogen) atoms. The van der Waals surface area contributed by atoms with Gasteiger partial charge < -0.3 is 4.42 Å². The summed E-state index contributed by atoms with van der Waals surface area (Å²) in [5, 5.41) is 8.89. The van der Waals surface area contributed by atoms with Gasteiger partial charge in [0.25, 0.3) is 0 Å². The Hall–Kier alpha value is -2.10. The second kappa shape index (κ2) is 5.49. The van der Waals surface area contributed by atoms with Crippen molar-refractivity contribution < 1.29 is 12.8 Å². The summed E-state index contributed by atoms with van der Waals surface area (Å²) < 4.78 is 31.2. The monoisotopic (exact) mass is 290 g/mol. The lowest BCUT2D eigenvalue weighted by atomic mass is 10.2. The number of nitrogens with zero attached hydrogens (tertiary/aromatic N) is 2. The summed E-state index contributed by atoms with van der Waals surface area (Å²) in [5.41, 5.74) is 1.71. The Morgan fingerprint density at radius 1 is 1.35 bits per heavy atom. The molecule has 5 nitrogen and oxygen atoms in total. The average molecular weight is 290 g/mol. The Morgan fingerprint density at radius 3 is 2.70 bits per heavy atom. The van der Waals surface area contributed by atoms with Gasteiger partial charge >= 0.3 is 0 Å². The molecule has 0 N–H and O–H groups in total. The number of furan rings is 1. The fourth-order valence-corrected chi connectivity index (χ4v) is 3.25. The van der Waals surface area contributed by atoms with Gasteiger partial charge in [-0.2, -0.15) is 9.57 Å². The molecule has 0 saturated carbocycles. The van der Waals surface area contributed by atoms with Gasteiger partial charge in [0, 0.05) is 19.2 Å². The Labute approximate surface area is 118 Å². The predicted molar refractivity (Wildman–Crippen MR) is 73.3 cm³/mol. The lowest BCUT2D eigenvalue weighted by molar-refractivity contribution is 0.463. The van der Waals surface area contributed by atoms with Crippen LogP contribution in [0.25, 0.3) is 0 Å². The molecule has 0 unspecified atom stereocenters. The van der Waals surface area contributed by atoms with Crippen molar-refractivity contribution in [1.29, 1.82) is 5.26 Å². The quantitative estimate of drug-likeness (QED) is 0.865. The van der Waals surface area contributed by atoms with E-state index < -0.39 is 10.0 Å². The zero-order chi connectivity index (χ0) is 14.8. The van der Waals surface area contributed by atoms with E-state index in [1.54, 1.807) is 25.1 Å². The molecular weight excluding hydrogens is 276 g/mol. The van der Waals surface area contributed by atoms with Crippen LogP contribution in [0.5, 0.6) is 0 Å². The van der Waals surface area contributed by atoms with Gasteiger partial charge in [0.2, 0.25) is 10.0 Å². The molecule has 1 heterocycles. The molecule has 0 radical (unpaired) electrons. The highest BCUT2D eigenvalue weighted by Gasteiger charge is 2.23. The minimum Gasteiger partial charge on any atom is -0.472 e. The van der Waals surface area contributed by atoms with Crippen molar-refractivity contribution in [2.75, 3.05) is 7.05 Å². The number of rotatable bonds is 4. The van der Waals surface area contributed by atoms with E-state index in [2.05, 4.69) is 0 Å². The standard InChI is InChI=1S/C14H14N2O3S/c1-11-3-4-12(8-15)7-14(11)20(17,18)16(2)9-13-5-6-19-10-13/h3-7,10H,9H2,1-2H3. The maximum atomic E-state index is 12.5. The molecule has 0 amide bonds. The molecule has 0 saturated heterocycles. The predicted octanol–water partition coefficient (Wildman–Crippen LogP) is 2.28. The van der Waals surface area contributed by atoms with E-state index in [4.69, 9.17) is 9.68 Å². The maximum Gasteiger partial charge on any atom is 0.243 e. The summed E-state index contributed by atoms with van der Waals surface area (Å²) in [6, 6.07) is 8.30. The fraction of sp³-hybridized carbons (Fsp3) is 0.214. The number of hydrogen-bond acceptors (Lipinski definition) is 4. The molecule has 2 rings (SSSR count). The van der Waals surface area contributed by atoms with Gasteiger partial charge in [0.15, 0.2) is 0 Å². The van der Waals surface area contributed by atoms with E-state index in [0.29, 0.717) is 11.1 Å². The number of hydrogen-bond donors (Lipinski definition) is 0. The number of benzene rings is 1. The zero-order valence-corrected chi connectivity index (χ0v) is 12.0. The second-order valence-electron chi connectivity index (χ2n) is 4.48. The first-order valence-corrected chi connectivity index (χ1v) is 7.37. The molecule has 0 aliphatic heterocycles. The lowest BCUT2D eigenvalue weighted by Crippen LogP contribution is -2.27. The van der Waals surface area contributed by atoms with E-state index in [1.807, 2.05) is 6.07 Å². The molecule has 6 heteroatoms. The lowest BCUT2D eigenvalue weighted by Gasteiger charge is -2.18. The summed E-state index contributed by atoms with van der Waals surface area (Å²) >= 11 is 0. The van der Waals surface area contributed by atoms with Crippen LogP contribution in [-0.2, 0) is 16.6 Å². The van der Waals surface area contributed by atoms with E-state index in [9.17, 15) is 8.42 Å². The molecule has 0 aliphatic carbocycles. The summed E-state index contributed by atoms with van der Waals surface area (Å²) in [4.78, 5) is 0.155. The van der Waals surface area contributed by atoms with Crippen LogP contribution in [0.3, 0.4) is 0 Å². The third kappa shape index (κ3) is 2.74. The van der Waals surface area contributed by atoms with Crippen molar-refractivity contribution in [1.82, 2.24) is 4.31 Å². The molecule has 1 aromatic carbocycles. The minimum absolute atomic E-state index is 0.155. The largest absolute Gasteiger partial charge is 0.472 e. The zero-order valence-electron chi connectivity index (χ0n) is 11.2. The van der Waals surface area contributed by atoms with Crippen molar-refractivity contribution in [3.63, 3.8) is 0 Å². The molecule has 0 bridgehead atoms. The number of nitriles is 1. The van der Waals surface area contributed by atoms with Gasteiger partial charge in [0.1, 0.15) is 0 Å². The molecule has 0 atom stereocenters. The summed E-state index contributed by atoms with van der Waals surface area (Å²) in [5.74, 6) is 0. The molecular formula is C14H14N2O3S. The first-order chi connectivity index (χ1) is 9.45. The third-order valence-corrected chi connectivity index (χ3v) is 4.94. The first-order valence-electron chi connectivity index (χ1n) is 5.93. The van der Waals surface area contributed by atoms with E-state index >= 15 is 0 Å². The molecule has 1 aromatic heterocycles. The smallest absolute Gasteiger partial charge is 0.243 e. The minimum atomic E-state index is -3.64. The summed E-state index contributed by atoms with van der Waals surface area (Å²) in [6.45, 7) is 1.93. The van der Waals surface area contributed by atoms with Crippen LogP contribution in [0.4, 0.5) is 0 Å². The molecule has 0 fully saturated rings. The topological polar surface area (TPSA) is 74.3 Å². The van der Waals surface area contributed by atoms with Crippen molar-refractivity contribution in [2.45, 2.75) is 18.4 Å². The third-order valence-electron chi connectivity index (χ3n) is 2.99. The normalized spacial score (nSPS) is 11.5. The Kier molecular flexibility index (Phi) is 3.93. The highest BCUT2D eigenvalue weighted by atomic mass is 32.2. The molecule has 104 valence electrons. The van der Waals surface area contributed by atoms with Crippen LogP contribution in [-0.4, -0.2) is 19.8 Å². The van der Waals surface area contributed by atoms with Crippen LogP contribution in [0.15, 0.2) is 46.1 Å². The Bertz CT molecular complexity index is 743. The van der Waals surface area contributed by atoms with E-state index in [1.165, 1.54) is 29.9 Å². The van der Waals surface area contributed by atoms with E-state index in [0.717, 1.165) is 5.56 Å². The van der Waals surface area contributed by atoms with Crippen LogP contribution in [0.1, 0.15) is 16.7 Å². The van der Waals surface area contributed by atoms with Crippen LogP contribution in [0.2, 0.25) is 0 Å². The van der Waals surface area contributed by atoms with Crippen molar-refractivity contribution in [3.05, 3.63) is 53.5 Å². The van der Waals surface area contributed by atoms with Gasteiger partial charge in [-0.15, -0.1) is 0 Å². The van der Waals surface area contributed by atoms with Crippen molar-refractivity contribution >= 4 is 10.0 Å². The summed E-state index contributed by atoms with van der Waals surface area (Å²) in [7, 11) is -2.14. The number of aryl methyl sites for hydroxylation is 1. The van der Waals surface area contributed by atoms with E-state index in [-0.39, 0.29) is 11.4 Å². The maximum absolute atomic E-state index is 12.5.